The van der Waals surface area contributed by atoms with Gasteiger partial charge in [-0.2, -0.15) is 0 Å². The third-order valence-corrected chi connectivity index (χ3v) is 3.15. The topological polar surface area (TPSA) is 46.2 Å². The summed E-state index contributed by atoms with van der Waals surface area (Å²) in [6.07, 6.45) is 2.97. The summed E-state index contributed by atoms with van der Waals surface area (Å²) in [5.74, 6) is -0.104. The third kappa shape index (κ3) is 4.64. The quantitative estimate of drug-likeness (QED) is 0.577. The van der Waals surface area contributed by atoms with Crippen LogP contribution in [-0.4, -0.2) is 26.8 Å². The lowest BCUT2D eigenvalue weighted by Crippen LogP contribution is -2.22. The van der Waals surface area contributed by atoms with Crippen LogP contribution < -0.4 is 5.32 Å². The van der Waals surface area contributed by atoms with E-state index >= 15 is 0 Å². The van der Waals surface area contributed by atoms with Crippen molar-refractivity contribution in [3.05, 3.63) is 12.2 Å². The Kier molecular flexibility index (Phi) is 3.76. The Morgan fingerprint density at radius 2 is 2.31 bits per heavy atom. The van der Waals surface area contributed by atoms with Gasteiger partial charge in [-0.25, -0.2) is 8.42 Å². The van der Waals surface area contributed by atoms with E-state index in [-0.39, 0.29) is 5.75 Å². The summed E-state index contributed by atoms with van der Waals surface area (Å²) in [5.41, 5.74) is 0.689. The van der Waals surface area contributed by atoms with Gasteiger partial charge in [0.05, 0.1) is 5.75 Å². The fourth-order valence-electron chi connectivity index (χ4n) is 1.58. The van der Waals surface area contributed by atoms with Crippen LogP contribution in [0.4, 0.5) is 0 Å². The first-order valence-electron chi connectivity index (χ1n) is 4.30. The standard InChI is InChI=1S/C8H14ClNO2S/c1-7(6-13(9,11)12)5-8-3-2-4-10-8/h8,10H,1-6H2. The molecule has 1 unspecified atom stereocenters. The zero-order chi connectivity index (χ0) is 9.90. The van der Waals surface area contributed by atoms with E-state index in [9.17, 15) is 8.42 Å². The normalized spacial score (nSPS) is 23.3. The molecule has 1 aliphatic rings. The highest BCUT2D eigenvalue weighted by atomic mass is 35.7. The second-order valence-electron chi connectivity index (χ2n) is 3.43. The molecule has 1 saturated heterocycles. The lowest BCUT2D eigenvalue weighted by Gasteiger charge is -2.10. The van der Waals surface area contributed by atoms with Crippen LogP contribution in [0.5, 0.6) is 0 Å². The zero-order valence-electron chi connectivity index (χ0n) is 7.42. The van der Waals surface area contributed by atoms with Crippen LogP contribution in [-0.2, 0) is 9.05 Å². The van der Waals surface area contributed by atoms with Crippen LogP contribution in [0.1, 0.15) is 19.3 Å². The van der Waals surface area contributed by atoms with E-state index in [1.54, 1.807) is 0 Å². The monoisotopic (exact) mass is 223 g/mol. The highest BCUT2D eigenvalue weighted by molar-refractivity contribution is 8.13. The van der Waals surface area contributed by atoms with E-state index in [1.807, 2.05) is 0 Å². The molecule has 1 atom stereocenters. The minimum absolute atomic E-state index is 0.104. The maximum absolute atomic E-state index is 10.7. The molecule has 0 radical (unpaired) electrons. The number of hydrogen-bond acceptors (Lipinski definition) is 3. The van der Waals surface area contributed by atoms with Crippen LogP contribution in [0.3, 0.4) is 0 Å². The van der Waals surface area contributed by atoms with E-state index in [0.29, 0.717) is 18.0 Å². The summed E-state index contributed by atoms with van der Waals surface area (Å²) in [6.45, 7) is 4.72. The summed E-state index contributed by atoms with van der Waals surface area (Å²) in [6, 6.07) is 0.394. The largest absolute Gasteiger partial charge is 0.314 e. The summed E-state index contributed by atoms with van der Waals surface area (Å²) in [5, 5.41) is 3.27. The second-order valence-corrected chi connectivity index (χ2v) is 6.21. The highest BCUT2D eigenvalue weighted by Gasteiger charge is 2.17. The molecule has 0 aromatic rings. The molecule has 1 heterocycles. The Labute approximate surface area is 83.6 Å². The molecule has 0 saturated carbocycles. The molecule has 76 valence electrons. The lowest BCUT2D eigenvalue weighted by atomic mass is 10.1. The van der Waals surface area contributed by atoms with Crippen molar-refractivity contribution >= 4 is 19.7 Å². The Bertz CT molecular complexity index is 281. The summed E-state index contributed by atoms with van der Waals surface area (Å²) < 4.78 is 21.4. The highest BCUT2D eigenvalue weighted by Crippen LogP contribution is 2.15. The molecule has 1 N–H and O–H groups in total. The van der Waals surface area contributed by atoms with Gasteiger partial charge < -0.3 is 5.32 Å². The van der Waals surface area contributed by atoms with Crippen molar-refractivity contribution in [1.29, 1.82) is 0 Å². The van der Waals surface area contributed by atoms with Gasteiger partial charge in [-0.1, -0.05) is 12.2 Å². The van der Waals surface area contributed by atoms with Crippen molar-refractivity contribution in [3.8, 4) is 0 Å². The fraction of sp³-hybridized carbons (Fsp3) is 0.750. The van der Waals surface area contributed by atoms with E-state index in [1.165, 1.54) is 0 Å². The molecule has 1 fully saturated rings. The van der Waals surface area contributed by atoms with Crippen molar-refractivity contribution in [2.24, 2.45) is 0 Å². The van der Waals surface area contributed by atoms with Gasteiger partial charge >= 0.3 is 0 Å². The Morgan fingerprint density at radius 1 is 1.62 bits per heavy atom. The zero-order valence-corrected chi connectivity index (χ0v) is 9.00. The molecule has 0 aromatic heterocycles. The van der Waals surface area contributed by atoms with Crippen LogP contribution in [0.2, 0.25) is 0 Å². The van der Waals surface area contributed by atoms with Gasteiger partial charge in [0.1, 0.15) is 0 Å². The summed E-state index contributed by atoms with van der Waals surface area (Å²) >= 11 is 0. The average molecular weight is 224 g/mol. The SMILES string of the molecule is C=C(CC1CCCN1)CS(=O)(=O)Cl. The Hall–Kier alpha value is -0.0600. The van der Waals surface area contributed by atoms with Gasteiger partial charge in [-0.05, 0) is 25.8 Å². The van der Waals surface area contributed by atoms with E-state index < -0.39 is 9.05 Å². The Balaban J connectivity index is 2.33. The van der Waals surface area contributed by atoms with Gasteiger partial charge in [0.15, 0.2) is 0 Å². The second kappa shape index (κ2) is 4.44. The molecule has 3 nitrogen and oxygen atoms in total. The van der Waals surface area contributed by atoms with Crippen molar-refractivity contribution in [3.63, 3.8) is 0 Å². The molecule has 5 heteroatoms. The van der Waals surface area contributed by atoms with Crippen molar-refractivity contribution < 1.29 is 8.42 Å². The molecule has 0 bridgehead atoms. The number of halogens is 1. The van der Waals surface area contributed by atoms with Crippen molar-refractivity contribution in [1.82, 2.24) is 5.32 Å². The molecular weight excluding hydrogens is 210 g/mol. The molecule has 0 spiro atoms. The lowest BCUT2D eigenvalue weighted by molar-refractivity contribution is 0.593. The van der Waals surface area contributed by atoms with Gasteiger partial charge in [0, 0.05) is 16.7 Å². The molecule has 0 amide bonds. The maximum atomic E-state index is 10.7. The van der Waals surface area contributed by atoms with Crippen molar-refractivity contribution in [2.45, 2.75) is 25.3 Å². The summed E-state index contributed by atoms with van der Waals surface area (Å²) in [7, 11) is 1.68. The predicted octanol–water partition coefficient (Wildman–Crippen LogP) is 1.25. The predicted molar refractivity (Wildman–Crippen MR) is 54.4 cm³/mol. The molecule has 0 aliphatic carbocycles. The summed E-state index contributed by atoms with van der Waals surface area (Å²) in [4.78, 5) is 0. The van der Waals surface area contributed by atoms with E-state index in [4.69, 9.17) is 10.7 Å². The Morgan fingerprint density at radius 3 is 2.77 bits per heavy atom. The third-order valence-electron chi connectivity index (χ3n) is 2.07. The molecule has 1 rings (SSSR count). The minimum atomic E-state index is -3.42. The van der Waals surface area contributed by atoms with Crippen molar-refractivity contribution in [2.75, 3.05) is 12.3 Å². The number of rotatable bonds is 4. The van der Waals surface area contributed by atoms with Gasteiger partial charge in [0.2, 0.25) is 9.05 Å². The van der Waals surface area contributed by atoms with Gasteiger partial charge in [-0.3, -0.25) is 0 Å². The number of hydrogen-bond donors (Lipinski definition) is 1. The van der Waals surface area contributed by atoms with E-state index in [0.717, 1.165) is 19.4 Å². The first-order chi connectivity index (χ1) is 5.97. The minimum Gasteiger partial charge on any atom is -0.314 e. The smallest absolute Gasteiger partial charge is 0.236 e. The molecule has 1 aliphatic heterocycles. The van der Waals surface area contributed by atoms with Crippen LogP contribution in [0, 0.1) is 0 Å². The van der Waals surface area contributed by atoms with E-state index in [2.05, 4.69) is 11.9 Å². The van der Waals surface area contributed by atoms with Gasteiger partial charge in [0.25, 0.3) is 0 Å². The molecular formula is C8H14ClNO2S. The van der Waals surface area contributed by atoms with Crippen LogP contribution >= 0.6 is 10.7 Å². The molecule has 13 heavy (non-hydrogen) atoms. The molecule has 0 aromatic carbocycles. The number of nitrogens with one attached hydrogen (secondary N) is 1. The fourth-order valence-corrected chi connectivity index (χ4v) is 2.65. The van der Waals surface area contributed by atoms with Crippen LogP contribution in [0.15, 0.2) is 12.2 Å². The maximum Gasteiger partial charge on any atom is 0.236 e. The van der Waals surface area contributed by atoms with Gasteiger partial charge in [-0.15, -0.1) is 0 Å². The van der Waals surface area contributed by atoms with Crippen LogP contribution in [0.25, 0.3) is 0 Å². The first kappa shape index (κ1) is 11.0. The average Bonchev–Trinajstić information content (AvgIpc) is 2.34. The first-order valence-corrected chi connectivity index (χ1v) is 6.77.